The molecule has 0 aliphatic rings. The Labute approximate surface area is 109 Å². The van der Waals surface area contributed by atoms with Crippen molar-refractivity contribution < 1.29 is 9.90 Å². The Morgan fingerprint density at radius 2 is 2.11 bits per heavy atom. The van der Waals surface area contributed by atoms with Crippen molar-refractivity contribution in [1.29, 1.82) is 0 Å². The van der Waals surface area contributed by atoms with Gasteiger partial charge >= 0.3 is 0 Å². The molecule has 0 fully saturated rings. The lowest BCUT2D eigenvalue weighted by Crippen LogP contribution is -2.19. The summed E-state index contributed by atoms with van der Waals surface area (Å²) in [5, 5.41) is 13.4. The largest absolute Gasteiger partial charge is 0.507 e. The molecule has 6 heteroatoms. The van der Waals surface area contributed by atoms with E-state index < -0.39 is 5.91 Å². The minimum atomic E-state index is -0.485. The average molecular weight is 256 g/mol. The number of hydrogen-bond acceptors (Lipinski definition) is 5. The van der Waals surface area contributed by atoms with Gasteiger partial charge in [-0.1, -0.05) is 12.1 Å². The molecule has 0 atom stereocenters. The van der Waals surface area contributed by atoms with E-state index >= 15 is 0 Å². The van der Waals surface area contributed by atoms with E-state index in [1.54, 1.807) is 37.6 Å². The maximum Gasteiger partial charge on any atom is 0.275 e. The molecule has 0 saturated carbocycles. The second kappa shape index (κ2) is 5.72. The van der Waals surface area contributed by atoms with Gasteiger partial charge in [-0.15, -0.1) is 0 Å². The van der Waals surface area contributed by atoms with E-state index in [2.05, 4.69) is 20.5 Å². The Hall–Kier alpha value is -2.76. The molecule has 0 aliphatic heterocycles. The zero-order valence-electron chi connectivity index (χ0n) is 10.2. The lowest BCUT2D eigenvalue weighted by Gasteiger charge is -2.03. The maximum absolute atomic E-state index is 11.8. The Kier molecular flexibility index (Phi) is 3.82. The predicted octanol–water partition coefficient (Wildman–Crippen LogP) is 1.34. The van der Waals surface area contributed by atoms with Crippen molar-refractivity contribution in [2.75, 3.05) is 0 Å². The lowest BCUT2D eigenvalue weighted by atomic mass is 10.2. The molecule has 0 radical (unpaired) electrons. The highest BCUT2D eigenvalue weighted by atomic mass is 16.3. The second-order valence-electron chi connectivity index (χ2n) is 3.75. The first-order valence-corrected chi connectivity index (χ1v) is 5.57. The summed E-state index contributed by atoms with van der Waals surface area (Å²) in [4.78, 5) is 19.7. The third-order valence-corrected chi connectivity index (χ3v) is 2.41. The zero-order chi connectivity index (χ0) is 13.7. The van der Waals surface area contributed by atoms with Crippen molar-refractivity contribution in [1.82, 2.24) is 15.4 Å². The quantitative estimate of drug-likeness (QED) is 0.640. The van der Waals surface area contributed by atoms with Gasteiger partial charge in [0.05, 0.1) is 17.5 Å². The van der Waals surface area contributed by atoms with Crippen molar-refractivity contribution in [3.63, 3.8) is 0 Å². The van der Waals surface area contributed by atoms with Crippen LogP contribution in [0, 0.1) is 0 Å². The van der Waals surface area contributed by atoms with E-state index in [-0.39, 0.29) is 11.3 Å². The van der Waals surface area contributed by atoms with Crippen molar-refractivity contribution >= 4 is 11.6 Å². The molecular weight excluding hydrogens is 244 g/mol. The Bertz CT molecular complexity index is 611. The maximum atomic E-state index is 11.8. The summed E-state index contributed by atoms with van der Waals surface area (Å²) >= 11 is 0. The van der Waals surface area contributed by atoms with Crippen LogP contribution in [0.4, 0.5) is 0 Å². The molecule has 1 aromatic carbocycles. The third kappa shape index (κ3) is 3.12. The van der Waals surface area contributed by atoms with E-state index in [4.69, 9.17) is 0 Å². The van der Waals surface area contributed by atoms with Gasteiger partial charge in [0.2, 0.25) is 0 Å². The number of rotatable bonds is 3. The van der Waals surface area contributed by atoms with Gasteiger partial charge in [-0.3, -0.25) is 14.8 Å². The summed E-state index contributed by atoms with van der Waals surface area (Å²) in [5.41, 5.74) is 3.62. The first-order chi connectivity index (χ1) is 9.18. The van der Waals surface area contributed by atoms with E-state index in [0.29, 0.717) is 11.4 Å². The summed E-state index contributed by atoms with van der Waals surface area (Å²) < 4.78 is 0. The smallest absolute Gasteiger partial charge is 0.275 e. The van der Waals surface area contributed by atoms with Gasteiger partial charge < -0.3 is 5.11 Å². The van der Waals surface area contributed by atoms with Crippen LogP contribution in [0.15, 0.2) is 48.0 Å². The molecule has 1 amide bonds. The van der Waals surface area contributed by atoms with E-state index in [9.17, 15) is 9.90 Å². The standard InChI is InChI=1S/C13H12N4O2/c1-9(11-8-14-6-7-15-11)16-17-13(19)10-4-2-3-5-12(10)18/h2-8,18H,1H3,(H,17,19). The highest BCUT2D eigenvalue weighted by Crippen LogP contribution is 2.14. The number of hydrazone groups is 1. The fraction of sp³-hybridized carbons (Fsp3) is 0.0769. The number of para-hydroxylation sites is 1. The van der Waals surface area contributed by atoms with Gasteiger partial charge in [-0.25, -0.2) is 5.43 Å². The topological polar surface area (TPSA) is 87.5 Å². The van der Waals surface area contributed by atoms with Gasteiger partial charge in [0.1, 0.15) is 11.4 Å². The van der Waals surface area contributed by atoms with Crippen LogP contribution < -0.4 is 5.43 Å². The Balaban J connectivity index is 2.11. The molecule has 0 bridgehead atoms. The highest BCUT2D eigenvalue weighted by Gasteiger charge is 2.09. The molecule has 2 aromatic rings. The molecular formula is C13H12N4O2. The number of nitrogens with one attached hydrogen (secondary N) is 1. The molecule has 0 saturated heterocycles. The number of aromatic hydroxyl groups is 1. The van der Waals surface area contributed by atoms with Gasteiger partial charge in [-0.05, 0) is 19.1 Å². The number of carbonyl (C=O) groups is 1. The molecule has 2 rings (SSSR count). The summed E-state index contributed by atoms with van der Waals surface area (Å²) in [6, 6.07) is 6.25. The fourth-order valence-corrected chi connectivity index (χ4v) is 1.40. The molecule has 19 heavy (non-hydrogen) atoms. The number of nitrogens with zero attached hydrogens (tertiary/aromatic N) is 3. The monoisotopic (exact) mass is 256 g/mol. The fourth-order valence-electron chi connectivity index (χ4n) is 1.40. The van der Waals surface area contributed by atoms with Crippen LogP contribution in [0.2, 0.25) is 0 Å². The molecule has 6 nitrogen and oxygen atoms in total. The van der Waals surface area contributed by atoms with Crippen molar-refractivity contribution in [2.45, 2.75) is 6.92 Å². The number of amides is 1. The number of phenols is 1. The SMILES string of the molecule is CC(=NNC(=O)c1ccccc1O)c1cnccn1. The van der Waals surface area contributed by atoms with Gasteiger partial charge in [0.25, 0.3) is 5.91 Å². The van der Waals surface area contributed by atoms with Crippen molar-refractivity contribution in [3.05, 3.63) is 54.1 Å². The van der Waals surface area contributed by atoms with Gasteiger partial charge in [-0.2, -0.15) is 5.10 Å². The van der Waals surface area contributed by atoms with E-state index in [0.717, 1.165) is 0 Å². The number of phenolic OH excluding ortho intramolecular Hbond substituents is 1. The number of aromatic nitrogens is 2. The van der Waals surface area contributed by atoms with Crippen LogP contribution in [0.1, 0.15) is 23.0 Å². The highest BCUT2D eigenvalue weighted by molar-refractivity contribution is 6.00. The van der Waals surface area contributed by atoms with Crippen LogP contribution >= 0.6 is 0 Å². The van der Waals surface area contributed by atoms with Crippen LogP contribution in [0.5, 0.6) is 5.75 Å². The van der Waals surface area contributed by atoms with Crippen molar-refractivity contribution in [3.8, 4) is 5.75 Å². The molecule has 2 N–H and O–H groups in total. The lowest BCUT2D eigenvalue weighted by molar-refractivity contribution is 0.0952. The first kappa shape index (κ1) is 12.7. The summed E-state index contributed by atoms with van der Waals surface area (Å²) in [5.74, 6) is -0.575. The number of hydrogen-bond donors (Lipinski definition) is 2. The summed E-state index contributed by atoms with van der Waals surface area (Å²) in [6.07, 6.45) is 4.64. The molecule has 96 valence electrons. The van der Waals surface area contributed by atoms with Crippen LogP contribution in [-0.2, 0) is 0 Å². The number of benzene rings is 1. The minimum absolute atomic E-state index is 0.0904. The van der Waals surface area contributed by atoms with Crippen LogP contribution in [0.3, 0.4) is 0 Å². The predicted molar refractivity (Wildman–Crippen MR) is 69.8 cm³/mol. The second-order valence-corrected chi connectivity index (χ2v) is 3.75. The van der Waals surface area contributed by atoms with Crippen molar-refractivity contribution in [2.24, 2.45) is 5.10 Å². The average Bonchev–Trinajstić information content (AvgIpc) is 2.46. The molecule has 1 aromatic heterocycles. The molecule has 0 unspecified atom stereocenters. The van der Waals surface area contributed by atoms with Gasteiger partial charge in [0.15, 0.2) is 0 Å². The van der Waals surface area contributed by atoms with Crippen LogP contribution in [-0.4, -0.2) is 26.7 Å². The minimum Gasteiger partial charge on any atom is -0.507 e. The van der Waals surface area contributed by atoms with Gasteiger partial charge in [0, 0.05) is 12.4 Å². The third-order valence-electron chi connectivity index (χ3n) is 2.41. The van der Waals surface area contributed by atoms with E-state index in [1.807, 2.05) is 0 Å². The van der Waals surface area contributed by atoms with Crippen LogP contribution in [0.25, 0.3) is 0 Å². The Morgan fingerprint density at radius 1 is 1.32 bits per heavy atom. The zero-order valence-corrected chi connectivity index (χ0v) is 10.2. The number of carbonyl (C=O) groups excluding carboxylic acids is 1. The normalized spacial score (nSPS) is 11.1. The van der Waals surface area contributed by atoms with E-state index in [1.165, 1.54) is 12.1 Å². The summed E-state index contributed by atoms with van der Waals surface area (Å²) in [6.45, 7) is 1.70. The molecule has 1 heterocycles. The Morgan fingerprint density at radius 3 is 2.79 bits per heavy atom. The first-order valence-electron chi connectivity index (χ1n) is 5.57. The molecule has 0 spiro atoms. The molecule has 0 aliphatic carbocycles. The summed E-state index contributed by atoms with van der Waals surface area (Å²) in [7, 11) is 0.